The van der Waals surface area contributed by atoms with Gasteiger partial charge in [0, 0.05) is 37.4 Å². The molecule has 0 saturated carbocycles. The number of piperidine rings is 1. The van der Waals surface area contributed by atoms with E-state index < -0.39 is 10.0 Å². The molecular formula is C19H20ClN3O3S. The molecule has 2 aliphatic rings. The molecule has 4 rings (SSSR count). The highest BCUT2D eigenvalue weighted by Gasteiger charge is 2.36. The number of anilines is 1. The number of para-hydroxylation sites is 1. The SMILES string of the molecule is O=C(C1CCN(S(=O)(=O)c2cccnc2Cl)CC1)N1CCc2ccccc21. The topological polar surface area (TPSA) is 70.6 Å². The number of aromatic nitrogens is 1. The summed E-state index contributed by atoms with van der Waals surface area (Å²) in [5.41, 5.74) is 2.18. The Bertz CT molecular complexity index is 972. The molecule has 1 aromatic heterocycles. The molecule has 1 fully saturated rings. The maximum Gasteiger partial charge on any atom is 0.246 e. The van der Waals surface area contributed by atoms with Gasteiger partial charge < -0.3 is 4.90 Å². The van der Waals surface area contributed by atoms with Gasteiger partial charge in [-0.15, -0.1) is 0 Å². The largest absolute Gasteiger partial charge is 0.312 e. The molecular weight excluding hydrogens is 386 g/mol. The summed E-state index contributed by atoms with van der Waals surface area (Å²) in [5.74, 6) is -0.0663. The quantitative estimate of drug-likeness (QED) is 0.736. The van der Waals surface area contributed by atoms with Gasteiger partial charge in [0.15, 0.2) is 0 Å². The van der Waals surface area contributed by atoms with Crippen molar-refractivity contribution in [3.63, 3.8) is 0 Å². The lowest BCUT2D eigenvalue weighted by molar-refractivity contribution is -0.123. The lowest BCUT2D eigenvalue weighted by Crippen LogP contribution is -2.44. The predicted octanol–water partition coefficient (Wildman–Crippen LogP) is 2.73. The summed E-state index contributed by atoms with van der Waals surface area (Å²) in [7, 11) is -3.70. The smallest absolute Gasteiger partial charge is 0.246 e. The number of amides is 1. The Morgan fingerprint density at radius 3 is 2.56 bits per heavy atom. The van der Waals surface area contributed by atoms with Crippen LogP contribution < -0.4 is 4.90 Å². The van der Waals surface area contributed by atoms with Gasteiger partial charge in [0.05, 0.1) is 0 Å². The molecule has 1 amide bonds. The Morgan fingerprint density at radius 2 is 1.81 bits per heavy atom. The summed E-state index contributed by atoms with van der Waals surface area (Å²) in [6.45, 7) is 1.31. The minimum atomic E-state index is -3.70. The summed E-state index contributed by atoms with van der Waals surface area (Å²) >= 11 is 5.96. The highest BCUT2D eigenvalue weighted by atomic mass is 35.5. The molecule has 0 unspecified atom stereocenters. The Hall–Kier alpha value is -1.96. The number of nitrogens with zero attached hydrogens (tertiary/aromatic N) is 3. The fourth-order valence-corrected chi connectivity index (χ4v) is 5.73. The number of carbonyl (C=O) groups is 1. The van der Waals surface area contributed by atoms with Crippen LogP contribution in [0.15, 0.2) is 47.5 Å². The zero-order chi connectivity index (χ0) is 19.0. The first-order valence-electron chi connectivity index (χ1n) is 8.98. The van der Waals surface area contributed by atoms with E-state index >= 15 is 0 Å². The standard InChI is InChI=1S/C19H20ClN3O3S/c20-18-17(6-3-10-21-18)27(25,26)22-11-7-15(8-12-22)19(24)23-13-9-14-4-1-2-5-16(14)23/h1-6,10,15H,7-9,11-13H2. The van der Waals surface area contributed by atoms with Crippen molar-refractivity contribution in [2.45, 2.75) is 24.2 Å². The van der Waals surface area contributed by atoms with Gasteiger partial charge in [-0.2, -0.15) is 4.31 Å². The molecule has 0 atom stereocenters. The third-order valence-corrected chi connectivity index (χ3v) is 7.64. The number of hydrogen-bond acceptors (Lipinski definition) is 4. The van der Waals surface area contributed by atoms with Crippen LogP contribution in [0, 0.1) is 5.92 Å². The van der Waals surface area contributed by atoms with Crippen LogP contribution in [0.4, 0.5) is 5.69 Å². The Balaban J connectivity index is 1.45. The monoisotopic (exact) mass is 405 g/mol. The zero-order valence-electron chi connectivity index (χ0n) is 14.7. The van der Waals surface area contributed by atoms with Crippen LogP contribution >= 0.6 is 11.6 Å². The minimum absolute atomic E-state index is 0.0184. The molecule has 1 saturated heterocycles. The maximum absolute atomic E-state index is 13.0. The van der Waals surface area contributed by atoms with Crippen molar-refractivity contribution in [3.05, 3.63) is 53.3 Å². The van der Waals surface area contributed by atoms with Crippen LogP contribution in [0.1, 0.15) is 18.4 Å². The van der Waals surface area contributed by atoms with Gasteiger partial charge in [-0.05, 0) is 43.0 Å². The van der Waals surface area contributed by atoms with Crippen LogP contribution in [0.25, 0.3) is 0 Å². The molecule has 0 N–H and O–H groups in total. The molecule has 2 aromatic rings. The van der Waals surface area contributed by atoms with E-state index in [0.29, 0.717) is 32.5 Å². The fraction of sp³-hybridized carbons (Fsp3) is 0.368. The average Bonchev–Trinajstić information content (AvgIpc) is 3.12. The van der Waals surface area contributed by atoms with Crippen molar-refractivity contribution in [3.8, 4) is 0 Å². The van der Waals surface area contributed by atoms with Gasteiger partial charge in [0.1, 0.15) is 10.0 Å². The van der Waals surface area contributed by atoms with Crippen LogP contribution in [0.5, 0.6) is 0 Å². The molecule has 27 heavy (non-hydrogen) atoms. The third-order valence-electron chi connectivity index (χ3n) is 5.30. The van der Waals surface area contributed by atoms with Crippen molar-refractivity contribution >= 4 is 33.2 Å². The van der Waals surface area contributed by atoms with E-state index in [1.54, 1.807) is 6.07 Å². The fourth-order valence-electron chi connectivity index (χ4n) is 3.83. The summed E-state index contributed by atoms with van der Waals surface area (Å²) < 4.78 is 27.0. The second kappa shape index (κ2) is 7.22. The van der Waals surface area contributed by atoms with Gasteiger partial charge >= 0.3 is 0 Å². The van der Waals surface area contributed by atoms with E-state index in [1.807, 2.05) is 23.1 Å². The van der Waals surface area contributed by atoms with Gasteiger partial charge in [0.25, 0.3) is 0 Å². The first-order valence-corrected chi connectivity index (χ1v) is 10.8. The number of halogens is 1. The lowest BCUT2D eigenvalue weighted by Gasteiger charge is -2.32. The highest BCUT2D eigenvalue weighted by molar-refractivity contribution is 7.89. The first kappa shape index (κ1) is 18.4. The number of rotatable bonds is 3. The number of pyridine rings is 1. The number of carbonyl (C=O) groups excluding carboxylic acids is 1. The average molecular weight is 406 g/mol. The molecule has 8 heteroatoms. The van der Waals surface area contributed by atoms with Crippen molar-refractivity contribution in [1.29, 1.82) is 0 Å². The Labute approximate surface area is 163 Å². The second-order valence-corrected chi connectivity index (χ2v) is 9.10. The predicted molar refractivity (Wildman–Crippen MR) is 103 cm³/mol. The van der Waals surface area contributed by atoms with Gasteiger partial charge in [-0.1, -0.05) is 29.8 Å². The number of fused-ring (bicyclic) bond motifs is 1. The number of hydrogen-bond donors (Lipinski definition) is 0. The molecule has 0 bridgehead atoms. The Morgan fingerprint density at radius 1 is 1.07 bits per heavy atom. The first-order chi connectivity index (χ1) is 13.0. The summed E-state index contributed by atoms with van der Waals surface area (Å²) in [4.78, 5) is 18.7. The molecule has 3 heterocycles. The molecule has 6 nitrogen and oxygen atoms in total. The van der Waals surface area contributed by atoms with E-state index in [9.17, 15) is 13.2 Å². The molecule has 142 valence electrons. The minimum Gasteiger partial charge on any atom is -0.312 e. The van der Waals surface area contributed by atoms with E-state index in [1.165, 1.54) is 22.1 Å². The normalized spacial score (nSPS) is 18.5. The van der Waals surface area contributed by atoms with Crippen molar-refractivity contribution in [2.75, 3.05) is 24.5 Å². The maximum atomic E-state index is 13.0. The number of benzene rings is 1. The second-order valence-electron chi connectivity index (χ2n) is 6.84. The van der Waals surface area contributed by atoms with Gasteiger partial charge in [-0.3, -0.25) is 4.79 Å². The third kappa shape index (κ3) is 3.35. The lowest BCUT2D eigenvalue weighted by atomic mass is 9.96. The van der Waals surface area contributed by atoms with E-state index in [-0.39, 0.29) is 21.9 Å². The highest BCUT2D eigenvalue weighted by Crippen LogP contribution is 2.32. The van der Waals surface area contributed by atoms with Gasteiger partial charge in [0.2, 0.25) is 15.9 Å². The van der Waals surface area contributed by atoms with Crippen LogP contribution in [-0.4, -0.2) is 43.2 Å². The van der Waals surface area contributed by atoms with Crippen molar-refractivity contribution in [2.24, 2.45) is 5.92 Å². The van der Waals surface area contributed by atoms with Gasteiger partial charge in [-0.25, -0.2) is 13.4 Å². The van der Waals surface area contributed by atoms with E-state index in [4.69, 9.17) is 11.6 Å². The van der Waals surface area contributed by atoms with Crippen LogP contribution in [-0.2, 0) is 21.2 Å². The summed E-state index contributed by atoms with van der Waals surface area (Å²) in [6.07, 6.45) is 3.35. The number of sulfonamides is 1. The zero-order valence-corrected chi connectivity index (χ0v) is 16.3. The molecule has 2 aliphatic heterocycles. The molecule has 0 radical (unpaired) electrons. The Kier molecular flexibility index (Phi) is 4.92. The van der Waals surface area contributed by atoms with E-state index in [0.717, 1.165) is 12.1 Å². The van der Waals surface area contributed by atoms with Crippen molar-refractivity contribution < 1.29 is 13.2 Å². The summed E-state index contributed by atoms with van der Waals surface area (Å²) in [5, 5.41) is -0.0237. The van der Waals surface area contributed by atoms with Crippen LogP contribution in [0.3, 0.4) is 0 Å². The molecule has 1 aromatic carbocycles. The summed E-state index contributed by atoms with van der Waals surface area (Å²) in [6, 6.07) is 11.0. The molecule has 0 aliphatic carbocycles. The van der Waals surface area contributed by atoms with E-state index in [2.05, 4.69) is 11.1 Å². The van der Waals surface area contributed by atoms with Crippen LogP contribution in [0.2, 0.25) is 5.15 Å². The molecule has 0 spiro atoms. The van der Waals surface area contributed by atoms with Crippen molar-refractivity contribution in [1.82, 2.24) is 9.29 Å².